The van der Waals surface area contributed by atoms with Crippen LogP contribution in [0, 0.1) is 13.8 Å². The first-order valence-corrected chi connectivity index (χ1v) is 11.2. The number of aromatic nitrogens is 2. The monoisotopic (exact) mass is 442 g/mol. The molecule has 1 aromatic carbocycles. The van der Waals surface area contributed by atoms with Gasteiger partial charge in [-0.25, -0.2) is 9.78 Å². The molecule has 0 spiro atoms. The highest BCUT2D eigenvalue weighted by Crippen LogP contribution is 2.41. The second-order valence-electron chi connectivity index (χ2n) is 8.46. The predicted octanol–water partition coefficient (Wildman–Crippen LogP) is 5.17. The molecule has 0 aliphatic heterocycles. The van der Waals surface area contributed by atoms with Gasteiger partial charge in [0.15, 0.2) is 0 Å². The number of rotatable bonds is 6. The Hall–Kier alpha value is -2.67. The van der Waals surface area contributed by atoms with Gasteiger partial charge in [-0.1, -0.05) is 25.5 Å². The van der Waals surface area contributed by atoms with E-state index in [9.17, 15) is 9.59 Å². The molecule has 0 unspecified atom stereocenters. The zero-order chi connectivity index (χ0) is 23.1. The molecule has 0 saturated carbocycles. The van der Waals surface area contributed by atoms with Crippen molar-refractivity contribution in [1.82, 2.24) is 9.55 Å². The zero-order valence-electron chi connectivity index (χ0n) is 19.5. The van der Waals surface area contributed by atoms with E-state index in [0.717, 1.165) is 21.6 Å². The fourth-order valence-electron chi connectivity index (χ4n) is 3.85. The number of aryl methyl sites for hydroxylation is 2. The summed E-state index contributed by atoms with van der Waals surface area (Å²) in [6.07, 6.45) is 0. The lowest BCUT2D eigenvalue weighted by Crippen LogP contribution is -2.46. The van der Waals surface area contributed by atoms with Crippen molar-refractivity contribution in [1.29, 1.82) is 0 Å². The van der Waals surface area contributed by atoms with E-state index in [1.165, 1.54) is 15.9 Å². The van der Waals surface area contributed by atoms with Crippen LogP contribution in [-0.2, 0) is 15.1 Å². The standard InChI is InChI=1S/C24H30N2O4S/c1-9-30-23(28)24(6,7)26-20(13(2)3)25-21-19(22(26)27)18(15(5)31-21)16-12-14(4)10-11-17(16)29-8/h10-13H,9H2,1-8H3. The Bertz CT molecular complexity index is 1200. The van der Waals surface area contributed by atoms with Gasteiger partial charge in [0.05, 0.1) is 19.1 Å². The molecular formula is C24H30N2O4S. The van der Waals surface area contributed by atoms with Crippen LogP contribution in [0.4, 0.5) is 0 Å². The maximum atomic E-state index is 14.0. The van der Waals surface area contributed by atoms with Crippen molar-refractivity contribution in [2.75, 3.05) is 13.7 Å². The van der Waals surface area contributed by atoms with Crippen molar-refractivity contribution in [3.05, 3.63) is 44.8 Å². The number of benzene rings is 1. The molecule has 0 fully saturated rings. The summed E-state index contributed by atoms with van der Waals surface area (Å²) in [5.41, 5.74) is 1.28. The average molecular weight is 443 g/mol. The summed E-state index contributed by atoms with van der Waals surface area (Å²) in [6, 6.07) is 5.90. The Balaban J connectivity index is 2.46. The fraction of sp³-hybridized carbons (Fsp3) is 0.458. The molecule has 6 nitrogen and oxygen atoms in total. The average Bonchev–Trinajstić information content (AvgIpc) is 3.03. The third-order valence-electron chi connectivity index (χ3n) is 5.40. The maximum Gasteiger partial charge on any atom is 0.331 e. The Morgan fingerprint density at radius 1 is 1.26 bits per heavy atom. The van der Waals surface area contributed by atoms with E-state index in [1.54, 1.807) is 27.9 Å². The van der Waals surface area contributed by atoms with Gasteiger partial charge in [0, 0.05) is 21.9 Å². The van der Waals surface area contributed by atoms with Gasteiger partial charge in [-0.05, 0) is 46.8 Å². The number of fused-ring (bicyclic) bond motifs is 1. The van der Waals surface area contributed by atoms with E-state index < -0.39 is 11.5 Å². The lowest BCUT2D eigenvalue weighted by Gasteiger charge is -2.28. The number of methoxy groups -OCH3 is 1. The highest BCUT2D eigenvalue weighted by molar-refractivity contribution is 7.19. The summed E-state index contributed by atoms with van der Waals surface area (Å²) < 4.78 is 12.4. The smallest absolute Gasteiger partial charge is 0.331 e. The lowest BCUT2D eigenvalue weighted by molar-refractivity contribution is -0.152. The van der Waals surface area contributed by atoms with Crippen LogP contribution in [0.5, 0.6) is 5.75 Å². The van der Waals surface area contributed by atoms with Gasteiger partial charge in [-0.15, -0.1) is 11.3 Å². The number of thiophene rings is 1. The summed E-state index contributed by atoms with van der Waals surface area (Å²) in [5, 5.41) is 0.508. The van der Waals surface area contributed by atoms with Gasteiger partial charge in [0.1, 0.15) is 21.9 Å². The second kappa shape index (κ2) is 8.46. The van der Waals surface area contributed by atoms with Gasteiger partial charge < -0.3 is 9.47 Å². The van der Waals surface area contributed by atoms with Gasteiger partial charge >= 0.3 is 5.97 Å². The summed E-state index contributed by atoms with van der Waals surface area (Å²) >= 11 is 1.49. The molecule has 0 radical (unpaired) electrons. The molecule has 0 amide bonds. The molecule has 0 atom stereocenters. The molecular weight excluding hydrogens is 412 g/mol. The largest absolute Gasteiger partial charge is 0.496 e. The van der Waals surface area contributed by atoms with Crippen LogP contribution in [0.3, 0.4) is 0 Å². The molecule has 3 aromatic rings. The number of ether oxygens (including phenoxy) is 2. The van der Waals surface area contributed by atoms with Crippen LogP contribution in [0.2, 0.25) is 0 Å². The molecule has 0 bridgehead atoms. The normalized spacial score (nSPS) is 11.9. The van der Waals surface area contributed by atoms with Crippen LogP contribution in [-0.4, -0.2) is 29.2 Å². The van der Waals surface area contributed by atoms with Crippen molar-refractivity contribution >= 4 is 27.5 Å². The van der Waals surface area contributed by atoms with Crippen molar-refractivity contribution in [3.63, 3.8) is 0 Å². The van der Waals surface area contributed by atoms with Crippen molar-refractivity contribution < 1.29 is 14.3 Å². The van der Waals surface area contributed by atoms with E-state index >= 15 is 0 Å². The van der Waals surface area contributed by atoms with Crippen molar-refractivity contribution in [2.24, 2.45) is 0 Å². The van der Waals surface area contributed by atoms with Gasteiger partial charge in [0.2, 0.25) is 0 Å². The van der Waals surface area contributed by atoms with Crippen LogP contribution >= 0.6 is 11.3 Å². The number of hydrogen-bond acceptors (Lipinski definition) is 6. The van der Waals surface area contributed by atoms with Crippen LogP contribution in [0.25, 0.3) is 21.3 Å². The minimum Gasteiger partial charge on any atom is -0.496 e. The SMILES string of the molecule is CCOC(=O)C(C)(C)n1c(C(C)C)nc2sc(C)c(-c3cc(C)ccc3OC)c2c1=O. The van der Waals surface area contributed by atoms with Gasteiger partial charge in [-0.2, -0.15) is 0 Å². The molecule has 2 aromatic heterocycles. The van der Waals surface area contributed by atoms with Crippen LogP contribution in [0.15, 0.2) is 23.0 Å². The molecule has 0 aliphatic rings. The Morgan fingerprint density at radius 3 is 2.52 bits per heavy atom. The number of nitrogens with zero attached hydrogens (tertiary/aromatic N) is 2. The molecule has 0 aliphatic carbocycles. The Labute approximate surface area is 186 Å². The summed E-state index contributed by atoms with van der Waals surface area (Å²) in [5.74, 6) is 0.753. The topological polar surface area (TPSA) is 70.4 Å². The predicted molar refractivity (Wildman–Crippen MR) is 125 cm³/mol. The number of carbonyl (C=O) groups excluding carboxylic acids is 1. The first kappa shape index (κ1) is 23.0. The van der Waals surface area contributed by atoms with Crippen molar-refractivity contribution in [2.45, 2.75) is 59.9 Å². The second-order valence-corrected chi connectivity index (χ2v) is 9.67. The van der Waals surface area contributed by atoms with E-state index in [0.29, 0.717) is 21.8 Å². The Morgan fingerprint density at radius 2 is 1.94 bits per heavy atom. The number of hydrogen-bond donors (Lipinski definition) is 0. The first-order valence-electron chi connectivity index (χ1n) is 10.4. The molecule has 166 valence electrons. The minimum absolute atomic E-state index is 0.0508. The van der Waals surface area contributed by atoms with E-state index in [2.05, 4.69) is 0 Å². The lowest BCUT2D eigenvalue weighted by atomic mass is 9.99. The van der Waals surface area contributed by atoms with Gasteiger partial charge in [0.25, 0.3) is 5.56 Å². The van der Waals surface area contributed by atoms with E-state index in [-0.39, 0.29) is 18.1 Å². The fourth-order valence-corrected chi connectivity index (χ4v) is 4.88. The van der Waals surface area contributed by atoms with Crippen molar-refractivity contribution in [3.8, 4) is 16.9 Å². The molecule has 7 heteroatoms. The molecule has 2 heterocycles. The summed E-state index contributed by atoms with van der Waals surface area (Å²) in [7, 11) is 1.62. The molecule has 0 N–H and O–H groups in total. The first-order chi connectivity index (χ1) is 14.5. The zero-order valence-corrected chi connectivity index (χ0v) is 20.3. The highest BCUT2D eigenvalue weighted by atomic mass is 32.1. The molecule has 31 heavy (non-hydrogen) atoms. The number of carbonyl (C=O) groups is 1. The summed E-state index contributed by atoms with van der Waals surface area (Å²) in [4.78, 5) is 33.3. The minimum atomic E-state index is -1.20. The molecule has 3 rings (SSSR count). The quantitative estimate of drug-likeness (QED) is 0.493. The van der Waals surface area contributed by atoms with Crippen LogP contribution < -0.4 is 10.3 Å². The highest BCUT2D eigenvalue weighted by Gasteiger charge is 2.37. The third-order valence-corrected chi connectivity index (χ3v) is 6.40. The van der Waals surface area contributed by atoms with Crippen LogP contribution in [0.1, 0.15) is 56.8 Å². The Kier molecular flexibility index (Phi) is 6.28. The number of esters is 1. The maximum absolute atomic E-state index is 14.0. The van der Waals surface area contributed by atoms with E-state index in [1.807, 2.05) is 45.9 Å². The third kappa shape index (κ3) is 3.87. The van der Waals surface area contributed by atoms with E-state index in [4.69, 9.17) is 14.5 Å². The molecule has 0 saturated heterocycles. The summed E-state index contributed by atoms with van der Waals surface area (Å²) in [6.45, 7) is 13.3. The van der Waals surface area contributed by atoms with Gasteiger partial charge in [-0.3, -0.25) is 9.36 Å².